The fraction of sp³-hybridized carbons (Fsp3) is 0.533. The van der Waals surface area contributed by atoms with Crippen molar-refractivity contribution >= 4 is 15.7 Å². The Labute approximate surface area is 125 Å². The molecule has 1 unspecified atom stereocenters. The minimum atomic E-state index is -2.85. The second-order valence-electron chi connectivity index (χ2n) is 5.43. The molecule has 6 heteroatoms. The highest BCUT2D eigenvalue weighted by Crippen LogP contribution is 2.23. The Morgan fingerprint density at radius 3 is 2.67 bits per heavy atom. The smallest absolute Gasteiger partial charge is 0.257 e. The molecule has 1 amide bonds. The highest BCUT2D eigenvalue weighted by molar-refractivity contribution is 7.91. The zero-order chi connectivity index (χ0) is 15.3. The van der Waals surface area contributed by atoms with Gasteiger partial charge in [0.2, 0.25) is 0 Å². The Morgan fingerprint density at radius 2 is 2.05 bits per heavy atom. The number of likely N-dealkylation sites (N-methyl/N-ethyl adjacent to an activating group) is 1. The predicted octanol–water partition coefficient (Wildman–Crippen LogP) is 1.18. The second kappa shape index (κ2) is 6.93. The van der Waals surface area contributed by atoms with Gasteiger partial charge in [-0.15, -0.1) is 0 Å². The number of nitrogens with one attached hydrogen (secondary N) is 1. The van der Waals surface area contributed by atoms with Gasteiger partial charge in [0.05, 0.1) is 11.5 Å². The van der Waals surface area contributed by atoms with Gasteiger partial charge < -0.3 is 10.1 Å². The topological polar surface area (TPSA) is 72.5 Å². The van der Waals surface area contributed by atoms with Gasteiger partial charge in [-0.3, -0.25) is 4.79 Å². The van der Waals surface area contributed by atoms with Gasteiger partial charge >= 0.3 is 0 Å². The molecule has 2 rings (SSSR count). The van der Waals surface area contributed by atoms with E-state index in [1.54, 1.807) is 7.05 Å². The molecule has 1 N–H and O–H groups in total. The van der Waals surface area contributed by atoms with Crippen molar-refractivity contribution in [1.82, 2.24) is 5.32 Å². The van der Waals surface area contributed by atoms with Crippen molar-refractivity contribution in [1.29, 1.82) is 0 Å². The summed E-state index contributed by atoms with van der Waals surface area (Å²) >= 11 is 0. The van der Waals surface area contributed by atoms with Crippen LogP contribution in [-0.4, -0.2) is 39.5 Å². The van der Waals surface area contributed by atoms with Crippen LogP contribution >= 0.6 is 0 Å². The van der Waals surface area contributed by atoms with E-state index in [0.717, 1.165) is 24.8 Å². The third-order valence-corrected chi connectivity index (χ3v) is 5.54. The molecule has 1 saturated heterocycles. The van der Waals surface area contributed by atoms with Gasteiger partial charge in [0.15, 0.2) is 16.4 Å². The van der Waals surface area contributed by atoms with E-state index in [0.29, 0.717) is 17.3 Å². The van der Waals surface area contributed by atoms with Gasteiger partial charge in [-0.25, -0.2) is 8.42 Å². The quantitative estimate of drug-likeness (QED) is 0.886. The molecule has 0 aliphatic carbocycles. The lowest BCUT2D eigenvalue weighted by Crippen LogP contribution is -2.26. The first-order valence-corrected chi connectivity index (χ1v) is 8.93. The summed E-state index contributed by atoms with van der Waals surface area (Å²) in [4.78, 5) is 11.1. The largest absolute Gasteiger partial charge is 0.484 e. The Kier molecular flexibility index (Phi) is 5.22. The van der Waals surface area contributed by atoms with E-state index in [4.69, 9.17) is 4.74 Å². The van der Waals surface area contributed by atoms with Crippen LogP contribution in [0.4, 0.5) is 0 Å². The fourth-order valence-corrected chi connectivity index (χ4v) is 4.33. The van der Waals surface area contributed by atoms with E-state index in [2.05, 4.69) is 5.32 Å². The van der Waals surface area contributed by atoms with Crippen LogP contribution in [-0.2, 0) is 21.1 Å². The van der Waals surface area contributed by atoms with Crippen LogP contribution in [0.3, 0.4) is 0 Å². The van der Waals surface area contributed by atoms with E-state index in [-0.39, 0.29) is 18.4 Å². The van der Waals surface area contributed by atoms with Gasteiger partial charge in [-0.05, 0) is 42.9 Å². The Morgan fingerprint density at radius 1 is 1.33 bits per heavy atom. The van der Waals surface area contributed by atoms with E-state index >= 15 is 0 Å². The summed E-state index contributed by atoms with van der Waals surface area (Å²) in [6.45, 7) is -0.00326. The van der Waals surface area contributed by atoms with Crippen molar-refractivity contribution < 1.29 is 17.9 Å². The molecule has 0 aromatic heterocycles. The number of carbonyl (C=O) groups excluding carboxylic acids is 1. The molecule has 116 valence electrons. The molecule has 1 aromatic carbocycles. The minimum Gasteiger partial charge on any atom is -0.484 e. The number of ether oxygens (including phenoxy) is 1. The van der Waals surface area contributed by atoms with E-state index in [9.17, 15) is 13.2 Å². The third-order valence-electron chi connectivity index (χ3n) is 3.65. The van der Waals surface area contributed by atoms with E-state index in [1.165, 1.54) is 0 Å². The van der Waals surface area contributed by atoms with Crippen LogP contribution in [0.2, 0.25) is 0 Å². The molecular weight excluding hydrogens is 290 g/mol. The summed E-state index contributed by atoms with van der Waals surface area (Å²) in [5.74, 6) is 1.30. The third kappa shape index (κ3) is 5.04. The SMILES string of the molecule is CNC(=O)COc1ccc(CC2CCCS(=O)(=O)C2)cc1. The van der Waals surface area contributed by atoms with Crippen molar-refractivity contribution in [2.75, 3.05) is 25.2 Å². The van der Waals surface area contributed by atoms with Crippen LogP contribution in [0.15, 0.2) is 24.3 Å². The normalized spacial score (nSPS) is 20.7. The molecular formula is C15H21NO4S. The molecule has 21 heavy (non-hydrogen) atoms. The van der Waals surface area contributed by atoms with Gasteiger partial charge in [0.1, 0.15) is 5.75 Å². The van der Waals surface area contributed by atoms with Crippen molar-refractivity contribution in [2.24, 2.45) is 5.92 Å². The summed E-state index contributed by atoms with van der Waals surface area (Å²) < 4.78 is 28.6. The Bertz CT molecular complexity index is 580. The number of rotatable bonds is 5. The number of sulfone groups is 1. The average Bonchev–Trinajstić information content (AvgIpc) is 2.45. The van der Waals surface area contributed by atoms with Gasteiger partial charge in [0.25, 0.3) is 5.91 Å². The zero-order valence-electron chi connectivity index (χ0n) is 12.2. The summed E-state index contributed by atoms with van der Waals surface area (Å²) in [6, 6.07) is 7.49. The highest BCUT2D eigenvalue weighted by Gasteiger charge is 2.24. The van der Waals surface area contributed by atoms with Crippen LogP contribution in [0, 0.1) is 5.92 Å². The molecule has 1 heterocycles. The molecule has 1 aliphatic rings. The highest BCUT2D eigenvalue weighted by atomic mass is 32.2. The van der Waals surface area contributed by atoms with Crippen molar-refractivity contribution in [3.05, 3.63) is 29.8 Å². The predicted molar refractivity (Wildman–Crippen MR) is 81.1 cm³/mol. The summed E-state index contributed by atoms with van der Waals surface area (Å²) in [6.07, 6.45) is 2.50. The molecule has 0 bridgehead atoms. The maximum atomic E-state index is 11.6. The lowest BCUT2D eigenvalue weighted by Gasteiger charge is -2.21. The van der Waals surface area contributed by atoms with Crippen LogP contribution in [0.1, 0.15) is 18.4 Å². The first-order valence-electron chi connectivity index (χ1n) is 7.11. The Hall–Kier alpha value is -1.56. The molecule has 1 aromatic rings. The van der Waals surface area contributed by atoms with Crippen LogP contribution in [0.5, 0.6) is 5.75 Å². The summed E-state index contributed by atoms with van der Waals surface area (Å²) in [5, 5.41) is 2.49. The maximum Gasteiger partial charge on any atom is 0.257 e. The van der Waals surface area contributed by atoms with Crippen LogP contribution in [0.25, 0.3) is 0 Å². The molecule has 1 atom stereocenters. The van der Waals surface area contributed by atoms with Gasteiger partial charge in [-0.1, -0.05) is 12.1 Å². The second-order valence-corrected chi connectivity index (χ2v) is 7.66. The molecule has 1 fully saturated rings. The summed E-state index contributed by atoms with van der Waals surface area (Å²) in [5.41, 5.74) is 1.10. The fourth-order valence-electron chi connectivity index (χ4n) is 2.55. The minimum absolute atomic E-state index is 0.00326. The summed E-state index contributed by atoms with van der Waals surface area (Å²) in [7, 11) is -1.29. The first-order chi connectivity index (χ1) is 9.98. The van der Waals surface area contributed by atoms with Gasteiger partial charge in [-0.2, -0.15) is 0 Å². The first kappa shape index (κ1) is 15.8. The van der Waals surface area contributed by atoms with Gasteiger partial charge in [0, 0.05) is 7.05 Å². The molecule has 1 aliphatic heterocycles. The zero-order valence-corrected chi connectivity index (χ0v) is 13.0. The molecule has 5 nitrogen and oxygen atoms in total. The van der Waals surface area contributed by atoms with Crippen molar-refractivity contribution in [3.63, 3.8) is 0 Å². The maximum absolute atomic E-state index is 11.6. The number of carbonyl (C=O) groups is 1. The van der Waals surface area contributed by atoms with Crippen molar-refractivity contribution in [2.45, 2.75) is 19.3 Å². The standard InChI is InChI=1S/C15H21NO4S/c1-16-15(17)10-20-14-6-4-12(5-7-14)9-13-3-2-8-21(18,19)11-13/h4-7,13H,2-3,8-11H2,1H3,(H,16,17). The monoisotopic (exact) mass is 311 g/mol. The number of hydrogen-bond acceptors (Lipinski definition) is 4. The van der Waals surface area contributed by atoms with E-state index in [1.807, 2.05) is 24.3 Å². The van der Waals surface area contributed by atoms with Crippen LogP contribution < -0.4 is 10.1 Å². The average molecular weight is 311 g/mol. The number of amides is 1. The molecule has 0 radical (unpaired) electrons. The molecule has 0 spiro atoms. The Balaban J connectivity index is 1.89. The lowest BCUT2D eigenvalue weighted by atomic mass is 9.96. The lowest BCUT2D eigenvalue weighted by molar-refractivity contribution is -0.122. The molecule has 0 saturated carbocycles. The number of benzene rings is 1. The van der Waals surface area contributed by atoms with E-state index < -0.39 is 9.84 Å². The van der Waals surface area contributed by atoms with Crippen molar-refractivity contribution in [3.8, 4) is 5.75 Å². The number of hydrogen-bond donors (Lipinski definition) is 1.